The van der Waals surface area contributed by atoms with Gasteiger partial charge in [-0.15, -0.1) is 0 Å². The first-order chi connectivity index (χ1) is 8.99. The Morgan fingerprint density at radius 2 is 2.26 bits per heavy atom. The standard InChI is InChI=1S/C12H13FN2O4/c13-9-5-8(3-4-10(9)15(18)19)12(17)14-6-11(16)7-1-2-7/h3-5,7,11,16H,1-2,6H2,(H,14,17). The van der Waals surface area contributed by atoms with E-state index in [1.165, 1.54) is 6.07 Å². The van der Waals surface area contributed by atoms with Crippen LogP contribution < -0.4 is 5.32 Å². The van der Waals surface area contributed by atoms with Crippen molar-refractivity contribution >= 4 is 11.6 Å². The van der Waals surface area contributed by atoms with Gasteiger partial charge < -0.3 is 10.4 Å². The number of carbonyl (C=O) groups excluding carboxylic acids is 1. The molecule has 0 spiro atoms. The number of nitrogens with zero attached hydrogens (tertiary/aromatic N) is 1. The van der Waals surface area contributed by atoms with Crippen molar-refractivity contribution < 1.29 is 19.2 Å². The summed E-state index contributed by atoms with van der Waals surface area (Å²) in [6, 6.07) is 2.94. The number of halogens is 1. The first-order valence-corrected chi connectivity index (χ1v) is 5.89. The Balaban J connectivity index is 1.98. The van der Waals surface area contributed by atoms with Crippen molar-refractivity contribution in [1.29, 1.82) is 0 Å². The number of rotatable bonds is 5. The van der Waals surface area contributed by atoms with Crippen LogP contribution in [-0.2, 0) is 0 Å². The highest BCUT2D eigenvalue weighted by Crippen LogP contribution is 2.32. The van der Waals surface area contributed by atoms with Gasteiger partial charge in [0, 0.05) is 18.2 Å². The second-order valence-electron chi connectivity index (χ2n) is 4.54. The van der Waals surface area contributed by atoms with E-state index < -0.39 is 28.4 Å². The zero-order chi connectivity index (χ0) is 14.0. The highest BCUT2D eigenvalue weighted by molar-refractivity contribution is 5.94. The van der Waals surface area contributed by atoms with Crippen LogP contribution in [0.4, 0.5) is 10.1 Å². The number of aliphatic hydroxyl groups is 1. The largest absolute Gasteiger partial charge is 0.391 e. The number of nitro benzene ring substituents is 1. The van der Waals surface area contributed by atoms with E-state index in [-0.39, 0.29) is 18.0 Å². The van der Waals surface area contributed by atoms with E-state index in [1.54, 1.807) is 0 Å². The Morgan fingerprint density at radius 3 is 2.79 bits per heavy atom. The number of hydrogen-bond donors (Lipinski definition) is 2. The molecule has 0 heterocycles. The van der Waals surface area contributed by atoms with Gasteiger partial charge >= 0.3 is 5.69 Å². The smallest absolute Gasteiger partial charge is 0.304 e. The molecule has 1 amide bonds. The SMILES string of the molecule is O=C(NCC(O)C1CC1)c1ccc([N+](=O)[O-])c(F)c1. The van der Waals surface area contributed by atoms with E-state index in [9.17, 15) is 24.4 Å². The van der Waals surface area contributed by atoms with Crippen LogP contribution in [-0.4, -0.2) is 28.6 Å². The lowest BCUT2D eigenvalue weighted by molar-refractivity contribution is -0.387. The molecule has 0 radical (unpaired) electrons. The van der Waals surface area contributed by atoms with Crippen molar-refractivity contribution in [2.24, 2.45) is 5.92 Å². The molecule has 1 aromatic carbocycles. The summed E-state index contributed by atoms with van der Waals surface area (Å²) in [5.74, 6) is -1.39. The van der Waals surface area contributed by atoms with Crippen LogP contribution in [0, 0.1) is 21.8 Å². The van der Waals surface area contributed by atoms with Crippen molar-refractivity contribution in [1.82, 2.24) is 5.32 Å². The van der Waals surface area contributed by atoms with Gasteiger partial charge in [-0.1, -0.05) is 0 Å². The molecule has 0 aliphatic heterocycles. The maximum Gasteiger partial charge on any atom is 0.304 e. The topological polar surface area (TPSA) is 92.5 Å². The third-order valence-electron chi connectivity index (χ3n) is 3.04. The Bertz CT molecular complexity index is 516. The van der Waals surface area contributed by atoms with E-state index in [0.29, 0.717) is 0 Å². The maximum atomic E-state index is 13.3. The van der Waals surface area contributed by atoms with Gasteiger partial charge in [-0.2, -0.15) is 4.39 Å². The van der Waals surface area contributed by atoms with Gasteiger partial charge in [0.1, 0.15) is 0 Å². The first kappa shape index (κ1) is 13.4. The van der Waals surface area contributed by atoms with Gasteiger partial charge in [0.15, 0.2) is 0 Å². The summed E-state index contributed by atoms with van der Waals surface area (Å²) in [7, 11) is 0. The zero-order valence-corrected chi connectivity index (χ0v) is 10.0. The van der Waals surface area contributed by atoms with Gasteiger partial charge in [0.2, 0.25) is 5.82 Å². The Kier molecular flexibility index (Phi) is 3.75. The molecule has 19 heavy (non-hydrogen) atoms. The first-order valence-electron chi connectivity index (χ1n) is 5.89. The third kappa shape index (κ3) is 3.25. The van der Waals surface area contributed by atoms with E-state index >= 15 is 0 Å². The molecule has 1 aliphatic carbocycles. The van der Waals surface area contributed by atoms with E-state index in [0.717, 1.165) is 25.0 Å². The fourth-order valence-electron chi connectivity index (χ4n) is 1.74. The summed E-state index contributed by atoms with van der Waals surface area (Å²) < 4.78 is 13.3. The van der Waals surface area contributed by atoms with Crippen LogP contribution in [0.2, 0.25) is 0 Å². The third-order valence-corrected chi connectivity index (χ3v) is 3.04. The van der Waals surface area contributed by atoms with Crippen molar-refractivity contribution in [2.75, 3.05) is 6.54 Å². The van der Waals surface area contributed by atoms with Crippen LogP contribution in [0.5, 0.6) is 0 Å². The molecule has 0 bridgehead atoms. The average molecular weight is 268 g/mol. The molecule has 0 aromatic heterocycles. The van der Waals surface area contributed by atoms with Gasteiger partial charge in [0.25, 0.3) is 5.91 Å². The van der Waals surface area contributed by atoms with Crippen LogP contribution in [0.1, 0.15) is 23.2 Å². The van der Waals surface area contributed by atoms with Crippen LogP contribution in [0.3, 0.4) is 0 Å². The van der Waals surface area contributed by atoms with Gasteiger partial charge in [-0.25, -0.2) is 0 Å². The molecule has 2 rings (SSSR count). The average Bonchev–Trinajstić information content (AvgIpc) is 3.19. The second kappa shape index (κ2) is 5.31. The fourth-order valence-corrected chi connectivity index (χ4v) is 1.74. The van der Waals surface area contributed by atoms with Crippen molar-refractivity contribution in [3.8, 4) is 0 Å². The molecule has 6 nitrogen and oxygen atoms in total. The summed E-state index contributed by atoms with van der Waals surface area (Å²) in [6.07, 6.45) is 1.30. The predicted molar refractivity (Wildman–Crippen MR) is 64.1 cm³/mol. The number of hydrogen-bond acceptors (Lipinski definition) is 4. The van der Waals surface area contributed by atoms with E-state index in [2.05, 4.69) is 5.32 Å². The van der Waals surface area contributed by atoms with Crippen molar-refractivity contribution in [3.05, 3.63) is 39.7 Å². The molecular formula is C12H13FN2O4. The molecule has 2 N–H and O–H groups in total. The lowest BCUT2D eigenvalue weighted by Gasteiger charge is -2.10. The lowest BCUT2D eigenvalue weighted by Crippen LogP contribution is -2.33. The van der Waals surface area contributed by atoms with E-state index in [1.807, 2.05) is 0 Å². The van der Waals surface area contributed by atoms with Crippen LogP contribution in [0.15, 0.2) is 18.2 Å². The Morgan fingerprint density at radius 1 is 1.58 bits per heavy atom. The number of nitro groups is 1. The van der Waals surface area contributed by atoms with Gasteiger partial charge in [0.05, 0.1) is 11.0 Å². The summed E-state index contributed by atoms with van der Waals surface area (Å²) in [5.41, 5.74) is -0.680. The molecule has 102 valence electrons. The fraction of sp³-hybridized carbons (Fsp3) is 0.417. The molecule has 1 aliphatic rings. The molecule has 1 unspecified atom stereocenters. The summed E-state index contributed by atoms with van der Waals surface area (Å²) in [4.78, 5) is 21.2. The highest BCUT2D eigenvalue weighted by atomic mass is 19.1. The van der Waals surface area contributed by atoms with Gasteiger partial charge in [-0.3, -0.25) is 14.9 Å². The molecule has 0 saturated heterocycles. The zero-order valence-electron chi connectivity index (χ0n) is 10.0. The molecular weight excluding hydrogens is 255 g/mol. The number of amides is 1. The number of benzene rings is 1. The maximum absolute atomic E-state index is 13.3. The summed E-state index contributed by atoms with van der Waals surface area (Å²) >= 11 is 0. The van der Waals surface area contributed by atoms with Crippen molar-refractivity contribution in [3.63, 3.8) is 0 Å². The number of carbonyl (C=O) groups is 1. The Labute approximate surface area is 108 Å². The summed E-state index contributed by atoms with van der Waals surface area (Å²) in [6.45, 7) is 0.0993. The second-order valence-corrected chi connectivity index (χ2v) is 4.54. The molecule has 1 aromatic rings. The lowest BCUT2D eigenvalue weighted by atomic mass is 10.1. The monoisotopic (exact) mass is 268 g/mol. The molecule has 7 heteroatoms. The predicted octanol–water partition coefficient (Wildman–Crippen LogP) is 1.23. The number of nitrogens with one attached hydrogen (secondary N) is 1. The highest BCUT2D eigenvalue weighted by Gasteiger charge is 2.29. The van der Waals surface area contributed by atoms with Crippen molar-refractivity contribution in [2.45, 2.75) is 18.9 Å². The Hall–Kier alpha value is -2.02. The van der Waals surface area contributed by atoms with Gasteiger partial charge in [-0.05, 0) is 30.9 Å². The molecule has 1 fully saturated rings. The summed E-state index contributed by atoms with van der Waals surface area (Å²) in [5, 5.41) is 22.5. The molecule has 1 saturated carbocycles. The van der Waals surface area contributed by atoms with Crippen LogP contribution in [0.25, 0.3) is 0 Å². The quantitative estimate of drug-likeness (QED) is 0.620. The minimum atomic E-state index is -1.06. The van der Waals surface area contributed by atoms with Crippen LogP contribution >= 0.6 is 0 Å². The normalized spacial score (nSPS) is 15.9. The minimum Gasteiger partial charge on any atom is -0.391 e. The number of aliphatic hydroxyl groups excluding tert-OH is 1. The minimum absolute atomic E-state index is 0.00824. The van der Waals surface area contributed by atoms with E-state index in [4.69, 9.17) is 0 Å². The molecule has 1 atom stereocenters.